The number of nitrogens with zero attached hydrogens (tertiary/aromatic N) is 3. The Balaban J connectivity index is 1.11. The number of aromatic nitrogens is 3. The van der Waals surface area contributed by atoms with Gasteiger partial charge in [-0.05, 0) is 92.0 Å². The first-order chi connectivity index (χ1) is 28.2. The van der Waals surface area contributed by atoms with Crippen LogP contribution in [0.15, 0.2) is 193 Å². The number of fused-ring (bicyclic) bond motifs is 5. The molecule has 2 aromatic heterocycles. The highest BCUT2D eigenvalue weighted by Crippen LogP contribution is 2.43. The fraction of sp³-hybridized carbons (Fsp3) is 0.0377. The molecule has 0 unspecified atom stereocenters. The first-order valence-corrected chi connectivity index (χ1v) is 19.5. The molecular weight excluding hydrogens is 695 g/mol. The molecule has 0 radical (unpaired) electrons. The molecule has 268 valence electrons. The van der Waals surface area contributed by atoms with Crippen molar-refractivity contribution >= 4 is 49.1 Å². The van der Waals surface area contributed by atoms with Crippen molar-refractivity contribution in [1.29, 1.82) is 0 Å². The van der Waals surface area contributed by atoms with Gasteiger partial charge in [0.1, 0.15) is 11.2 Å². The average Bonchev–Trinajstić information content (AvgIpc) is 3.67. The maximum atomic E-state index is 6.53. The Morgan fingerprint density at radius 1 is 0.386 bits per heavy atom. The van der Waals surface area contributed by atoms with E-state index >= 15 is 0 Å². The van der Waals surface area contributed by atoms with Crippen molar-refractivity contribution in [2.45, 2.75) is 12.8 Å². The Kier molecular flexibility index (Phi) is 7.92. The molecule has 1 aliphatic carbocycles. The molecule has 0 N–H and O–H groups in total. The fourth-order valence-electron chi connectivity index (χ4n) is 8.33. The Labute approximate surface area is 330 Å². The summed E-state index contributed by atoms with van der Waals surface area (Å²) in [5.41, 5.74) is 11.5. The van der Waals surface area contributed by atoms with Crippen LogP contribution in [-0.2, 0) is 0 Å². The van der Waals surface area contributed by atoms with Crippen LogP contribution in [0.25, 0.3) is 105 Å². The molecule has 2 heterocycles. The number of hydrogen-bond donors (Lipinski definition) is 0. The monoisotopic (exact) mass is 729 g/mol. The van der Waals surface area contributed by atoms with Gasteiger partial charge in [-0.15, -0.1) is 0 Å². The van der Waals surface area contributed by atoms with Gasteiger partial charge in [0.25, 0.3) is 0 Å². The summed E-state index contributed by atoms with van der Waals surface area (Å²) in [6.07, 6.45) is 8.92. The molecule has 0 saturated heterocycles. The number of rotatable bonds is 6. The van der Waals surface area contributed by atoms with Crippen molar-refractivity contribution in [3.05, 3.63) is 194 Å². The zero-order chi connectivity index (χ0) is 37.7. The summed E-state index contributed by atoms with van der Waals surface area (Å²) in [7, 11) is 0. The zero-order valence-corrected chi connectivity index (χ0v) is 31.1. The van der Waals surface area contributed by atoms with Crippen molar-refractivity contribution in [1.82, 2.24) is 15.0 Å². The third-order valence-electron chi connectivity index (χ3n) is 11.2. The van der Waals surface area contributed by atoms with Crippen LogP contribution in [0.1, 0.15) is 18.4 Å². The van der Waals surface area contributed by atoms with Crippen molar-refractivity contribution in [2.24, 2.45) is 0 Å². The minimum atomic E-state index is 0.629. The highest BCUT2D eigenvalue weighted by atomic mass is 16.3. The molecule has 0 atom stereocenters. The minimum Gasteiger partial charge on any atom is -0.456 e. The standard InChI is InChI=1S/C53H35N3O/c1-3-13-34(14-4-1)37-25-28-38(29-26-37)51-54-52(40-30-27-36-17-7-8-18-39(36)31-40)56-53(55-51)45-23-12-20-42-43(45)21-11-22-44(42)47-32-41(35-15-5-2-6-16-35)33-49-50(47)46-19-9-10-24-48(46)57-49/h2-3,5-33H,1,4H2. The van der Waals surface area contributed by atoms with E-state index in [1.54, 1.807) is 0 Å². The van der Waals surface area contributed by atoms with E-state index in [-0.39, 0.29) is 0 Å². The summed E-state index contributed by atoms with van der Waals surface area (Å²) in [4.78, 5) is 15.6. The Bertz CT molecular complexity index is 3230. The lowest BCUT2D eigenvalue weighted by atomic mass is 9.90. The van der Waals surface area contributed by atoms with Gasteiger partial charge in [-0.3, -0.25) is 0 Å². The molecule has 1 aliphatic rings. The maximum absolute atomic E-state index is 6.53. The van der Waals surface area contributed by atoms with E-state index < -0.39 is 0 Å². The van der Waals surface area contributed by atoms with Crippen LogP contribution in [0.4, 0.5) is 0 Å². The van der Waals surface area contributed by atoms with Crippen molar-refractivity contribution in [2.75, 3.05) is 0 Å². The first-order valence-electron chi connectivity index (χ1n) is 19.5. The highest BCUT2D eigenvalue weighted by molar-refractivity contribution is 6.17. The van der Waals surface area contributed by atoms with Gasteiger partial charge in [0.15, 0.2) is 17.5 Å². The summed E-state index contributed by atoms with van der Waals surface area (Å²) in [6, 6.07) is 59.7. The SMILES string of the molecule is C1=CC(c2ccc(-c3nc(-c4ccc5ccccc5c4)nc(-c4cccc5c(-c6cc(-c7ccccc7)cc7oc8ccccc8c67)cccc45)n3)cc2)=CCC1. The van der Waals surface area contributed by atoms with Crippen LogP contribution in [0, 0.1) is 0 Å². The second-order valence-electron chi connectivity index (χ2n) is 14.7. The van der Waals surface area contributed by atoms with Crippen molar-refractivity contribution in [3.8, 4) is 56.4 Å². The third-order valence-corrected chi connectivity index (χ3v) is 11.2. The summed E-state index contributed by atoms with van der Waals surface area (Å²) >= 11 is 0. The molecule has 0 spiro atoms. The summed E-state index contributed by atoms with van der Waals surface area (Å²) in [5, 5.41) is 6.69. The highest BCUT2D eigenvalue weighted by Gasteiger charge is 2.20. The molecule has 0 bridgehead atoms. The van der Waals surface area contributed by atoms with Gasteiger partial charge in [-0.2, -0.15) is 0 Å². The van der Waals surface area contributed by atoms with Gasteiger partial charge in [0.05, 0.1) is 0 Å². The topological polar surface area (TPSA) is 51.8 Å². The lowest BCUT2D eigenvalue weighted by Gasteiger charge is -2.14. The lowest BCUT2D eigenvalue weighted by Crippen LogP contribution is -2.01. The Morgan fingerprint density at radius 3 is 1.88 bits per heavy atom. The molecule has 0 aliphatic heterocycles. The molecule has 11 rings (SSSR count). The first kappa shape index (κ1) is 33.0. The maximum Gasteiger partial charge on any atom is 0.164 e. The van der Waals surface area contributed by atoms with Gasteiger partial charge in [-0.25, -0.2) is 15.0 Å². The molecule has 0 amide bonds. The largest absolute Gasteiger partial charge is 0.456 e. The van der Waals surface area contributed by atoms with Crippen LogP contribution in [0.2, 0.25) is 0 Å². The third kappa shape index (κ3) is 5.90. The molecule has 8 aromatic carbocycles. The van der Waals surface area contributed by atoms with Crippen LogP contribution in [-0.4, -0.2) is 15.0 Å². The normalized spacial score (nSPS) is 12.8. The summed E-state index contributed by atoms with van der Waals surface area (Å²) in [5.74, 6) is 1.90. The van der Waals surface area contributed by atoms with E-state index in [4.69, 9.17) is 19.4 Å². The zero-order valence-electron chi connectivity index (χ0n) is 31.1. The van der Waals surface area contributed by atoms with E-state index in [0.717, 1.165) is 89.9 Å². The van der Waals surface area contributed by atoms with Crippen LogP contribution in [0.3, 0.4) is 0 Å². The van der Waals surface area contributed by atoms with E-state index in [1.165, 1.54) is 16.5 Å². The lowest BCUT2D eigenvalue weighted by molar-refractivity contribution is 0.669. The number of allylic oxidation sites excluding steroid dienone is 4. The van der Waals surface area contributed by atoms with E-state index in [1.807, 2.05) is 12.1 Å². The van der Waals surface area contributed by atoms with E-state index in [9.17, 15) is 0 Å². The predicted octanol–water partition coefficient (Wildman–Crippen LogP) is 14.1. The number of furan rings is 1. The van der Waals surface area contributed by atoms with Crippen LogP contribution in [0.5, 0.6) is 0 Å². The molecule has 57 heavy (non-hydrogen) atoms. The molecular formula is C53H35N3O. The quantitative estimate of drug-likeness (QED) is 0.171. The van der Waals surface area contributed by atoms with E-state index in [0.29, 0.717) is 17.5 Å². The fourth-order valence-corrected chi connectivity index (χ4v) is 8.33. The molecule has 10 aromatic rings. The second kappa shape index (κ2) is 13.7. The average molecular weight is 730 g/mol. The Hall–Kier alpha value is -7.43. The van der Waals surface area contributed by atoms with E-state index in [2.05, 4.69) is 176 Å². The van der Waals surface area contributed by atoms with Gasteiger partial charge in [0, 0.05) is 27.5 Å². The van der Waals surface area contributed by atoms with Crippen molar-refractivity contribution < 1.29 is 4.42 Å². The summed E-state index contributed by atoms with van der Waals surface area (Å²) < 4.78 is 6.53. The van der Waals surface area contributed by atoms with Crippen LogP contribution < -0.4 is 0 Å². The number of para-hydroxylation sites is 1. The number of benzene rings is 8. The molecule has 4 heteroatoms. The van der Waals surface area contributed by atoms with Gasteiger partial charge >= 0.3 is 0 Å². The Morgan fingerprint density at radius 2 is 1.05 bits per heavy atom. The molecule has 0 fully saturated rings. The van der Waals surface area contributed by atoms with Gasteiger partial charge in [0.2, 0.25) is 0 Å². The predicted molar refractivity (Wildman–Crippen MR) is 236 cm³/mol. The molecule has 4 nitrogen and oxygen atoms in total. The smallest absolute Gasteiger partial charge is 0.164 e. The summed E-state index contributed by atoms with van der Waals surface area (Å²) in [6.45, 7) is 0. The number of hydrogen-bond acceptors (Lipinski definition) is 4. The van der Waals surface area contributed by atoms with Gasteiger partial charge in [-0.1, -0.05) is 164 Å². The van der Waals surface area contributed by atoms with Crippen LogP contribution >= 0.6 is 0 Å². The van der Waals surface area contributed by atoms with Crippen molar-refractivity contribution in [3.63, 3.8) is 0 Å². The minimum absolute atomic E-state index is 0.629. The molecule has 0 saturated carbocycles. The second-order valence-corrected chi connectivity index (χ2v) is 14.7. The van der Waals surface area contributed by atoms with Gasteiger partial charge < -0.3 is 4.42 Å².